The Balaban J connectivity index is 2.13. The van der Waals surface area contributed by atoms with E-state index in [0.29, 0.717) is 27.7 Å². The Morgan fingerprint density at radius 2 is 1.88 bits per heavy atom. The zero-order chi connectivity index (χ0) is 18.0. The molecule has 2 aromatic carbocycles. The van der Waals surface area contributed by atoms with Crippen LogP contribution in [0.1, 0.15) is 17.3 Å². The zero-order valence-corrected chi connectivity index (χ0v) is 14.9. The van der Waals surface area contributed by atoms with Gasteiger partial charge in [-0.25, -0.2) is 4.98 Å². The summed E-state index contributed by atoms with van der Waals surface area (Å²) in [6.07, 6.45) is 0. The normalized spacial score (nSPS) is 10.5. The summed E-state index contributed by atoms with van der Waals surface area (Å²) in [6, 6.07) is 10.8. The average Bonchev–Trinajstić information content (AvgIpc) is 2.60. The van der Waals surface area contributed by atoms with E-state index in [4.69, 9.17) is 21.7 Å². The van der Waals surface area contributed by atoms with Gasteiger partial charge in [0.25, 0.3) is 0 Å². The van der Waals surface area contributed by atoms with Crippen molar-refractivity contribution >= 4 is 40.4 Å². The summed E-state index contributed by atoms with van der Waals surface area (Å²) in [5.41, 5.74) is 2.13. The van der Waals surface area contributed by atoms with Gasteiger partial charge < -0.3 is 19.8 Å². The van der Waals surface area contributed by atoms with Crippen molar-refractivity contribution in [3.8, 4) is 11.5 Å². The number of ether oxygens (including phenoxy) is 2. The van der Waals surface area contributed by atoms with Crippen molar-refractivity contribution in [1.29, 1.82) is 0 Å². The van der Waals surface area contributed by atoms with Gasteiger partial charge in [-0.1, -0.05) is 12.1 Å². The predicted octanol–water partition coefficient (Wildman–Crippen LogP) is 4.26. The van der Waals surface area contributed by atoms with E-state index in [9.17, 15) is 4.79 Å². The molecule has 0 fully saturated rings. The van der Waals surface area contributed by atoms with Crippen LogP contribution in [0, 0.1) is 4.77 Å². The fraction of sp³-hybridized carbons (Fsp3) is 0.167. The second-order valence-electron chi connectivity index (χ2n) is 5.41. The van der Waals surface area contributed by atoms with Gasteiger partial charge in [0, 0.05) is 22.7 Å². The number of benzene rings is 2. The average molecular weight is 355 g/mol. The molecule has 0 saturated carbocycles. The number of aromatic amines is 1. The summed E-state index contributed by atoms with van der Waals surface area (Å²) < 4.78 is 11.0. The van der Waals surface area contributed by atoms with Gasteiger partial charge in [0.05, 0.1) is 19.7 Å². The Labute approximate surface area is 149 Å². The van der Waals surface area contributed by atoms with Gasteiger partial charge in [0.2, 0.25) is 0 Å². The first-order chi connectivity index (χ1) is 12.0. The first kappa shape index (κ1) is 16.9. The first-order valence-electron chi connectivity index (χ1n) is 7.56. The lowest BCUT2D eigenvalue weighted by Crippen LogP contribution is -2.00. The quantitative estimate of drug-likeness (QED) is 0.526. The summed E-state index contributed by atoms with van der Waals surface area (Å²) in [6.45, 7) is 1.53. The van der Waals surface area contributed by atoms with Crippen molar-refractivity contribution in [2.45, 2.75) is 6.92 Å². The number of carbonyl (C=O) groups excluding carboxylic acids is 1. The monoisotopic (exact) mass is 355 g/mol. The predicted molar refractivity (Wildman–Crippen MR) is 99.8 cm³/mol. The van der Waals surface area contributed by atoms with Gasteiger partial charge in [-0.3, -0.25) is 4.79 Å². The fourth-order valence-corrected chi connectivity index (χ4v) is 2.73. The van der Waals surface area contributed by atoms with E-state index in [2.05, 4.69) is 15.3 Å². The lowest BCUT2D eigenvalue weighted by atomic mass is 10.1. The molecule has 2 N–H and O–H groups in total. The smallest absolute Gasteiger partial charge is 0.199 e. The van der Waals surface area contributed by atoms with Crippen LogP contribution < -0.4 is 14.8 Å². The molecule has 1 heterocycles. The molecule has 1 aromatic heterocycles. The largest absolute Gasteiger partial charge is 0.493 e. The molecular formula is C18H17N3O3S. The maximum absolute atomic E-state index is 11.6. The molecule has 0 spiro atoms. The number of ketones is 1. The molecule has 128 valence electrons. The van der Waals surface area contributed by atoms with Crippen molar-refractivity contribution in [3.63, 3.8) is 0 Å². The highest BCUT2D eigenvalue weighted by Gasteiger charge is 2.11. The summed E-state index contributed by atoms with van der Waals surface area (Å²) >= 11 is 5.22. The van der Waals surface area contributed by atoms with Gasteiger partial charge in [0.15, 0.2) is 22.1 Å². The molecule has 0 unspecified atom stereocenters. The zero-order valence-electron chi connectivity index (χ0n) is 14.0. The van der Waals surface area contributed by atoms with Crippen molar-refractivity contribution in [1.82, 2.24) is 9.97 Å². The molecule has 6 nitrogen and oxygen atoms in total. The van der Waals surface area contributed by atoms with Crippen LogP contribution in [0.15, 0.2) is 36.4 Å². The minimum Gasteiger partial charge on any atom is -0.493 e. The summed E-state index contributed by atoms with van der Waals surface area (Å²) in [5.74, 6) is 1.75. The number of hydrogen-bond acceptors (Lipinski definition) is 6. The van der Waals surface area contributed by atoms with Crippen molar-refractivity contribution in [2.75, 3.05) is 19.5 Å². The maximum Gasteiger partial charge on any atom is 0.199 e. The van der Waals surface area contributed by atoms with Gasteiger partial charge in [-0.05, 0) is 37.3 Å². The standard InChI is InChI=1S/C18H17N3O3S/c1-10(22)11-5-4-6-12(7-11)19-17-13-8-15(23-2)16(24-3)9-14(13)20-18(25)21-17/h4-9H,1-3H3,(H2,19,20,21,25). The number of hydrogen-bond donors (Lipinski definition) is 2. The van der Waals surface area contributed by atoms with Crippen molar-refractivity contribution in [2.24, 2.45) is 0 Å². The molecule has 0 atom stereocenters. The Hall–Kier alpha value is -2.93. The Morgan fingerprint density at radius 1 is 1.16 bits per heavy atom. The van der Waals surface area contributed by atoms with E-state index < -0.39 is 0 Å². The Bertz CT molecular complexity index is 1010. The molecule has 0 amide bonds. The molecular weight excluding hydrogens is 338 g/mol. The number of methoxy groups -OCH3 is 2. The van der Waals surface area contributed by atoms with Crippen LogP contribution in [-0.4, -0.2) is 30.0 Å². The third kappa shape index (κ3) is 3.46. The SMILES string of the molecule is COc1cc2[nH]c(=S)nc(Nc3cccc(C(C)=O)c3)c2cc1OC. The van der Waals surface area contributed by atoms with E-state index in [1.807, 2.05) is 24.3 Å². The molecule has 0 aliphatic heterocycles. The van der Waals surface area contributed by atoms with Crippen LogP contribution >= 0.6 is 12.2 Å². The highest BCUT2D eigenvalue weighted by atomic mass is 32.1. The van der Waals surface area contributed by atoms with Crippen LogP contribution in [0.5, 0.6) is 11.5 Å². The number of anilines is 2. The van der Waals surface area contributed by atoms with Crippen LogP contribution in [0.4, 0.5) is 11.5 Å². The molecule has 0 aliphatic carbocycles. The van der Waals surface area contributed by atoms with E-state index >= 15 is 0 Å². The minimum absolute atomic E-state index is 0.00164. The Kier molecular flexibility index (Phi) is 4.67. The number of H-pyrrole nitrogens is 1. The first-order valence-corrected chi connectivity index (χ1v) is 7.96. The molecule has 25 heavy (non-hydrogen) atoms. The third-order valence-electron chi connectivity index (χ3n) is 3.77. The molecule has 3 aromatic rings. The van der Waals surface area contributed by atoms with Gasteiger partial charge >= 0.3 is 0 Å². The summed E-state index contributed by atoms with van der Waals surface area (Å²) in [7, 11) is 3.15. The van der Waals surface area contributed by atoms with Crippen LogP contribution in [-0.2, 0) is 0 Å². The molecule has 7 heteroatoms. The number of nitrogens with zero attached hydrogens (tertiary/aromatic N) is 1. The van der Waals surface area contributed by atoms with Gasteiger partial charge in [-0.15, -0.1) is 0 Å². The molecule has 0 bridgehead atoms. The number of carbonyl (C=O) groups is 1. The summed E-state index contributed by atoms with van der Waals surface area (Å²) in [4.78, 5) is 19.0. The van der Waals surface area contributed by atoms with Gasteiger partial charge in [0.1, 0.15) is 5.82 Å². The topological polar surface area (TPSA) is 76.2 Å². The van der Waals surface area contributed by atoms with E-state index in [1.165, 1.54) is 6.92 Å². The molecule has 0 aliphatic rings. The van der Waals surface area contributed by atoms with E-state index in [1.54, 1.807) is 26.4 Å². The van der Waals surface area contributed by atoms with Crippen molar-refractivity contribution < 1.29 is 14.3 Å². The van der Waals surface area contributed by atoms with Crippen LogP contribution in [0.3, 0.4) is 0 Å². The van der Waals surface area contributed by atoms with E-state index in [0.717, 1.165) is 16.6 Å². The lowest BCUT2D eigenvalue weighted by Gasteiger charge is -2.13. The number of aromatic nitrogens is 2. The van der Waals surface area contributed by atoms with Crippen molar-refractivity contribution in [3.05, 3.63) is 46.7 Å². The van der Waals surface area contributed by atoms with Crippen LogP contribution in [0.25, 0.3) is 10.9 Å². The molecule has 0 radical (unpaired) electrons. The fourth-order valence-electron chi connectivity index (χ4n) is 2.53. The minimum atomic E-state index is -0.00164. The molecule has 3 rings (SSSR count). The summed E-state index contributed by atoms with van der Waals surface area (Å²) in [5, 5.41) is 4.02. The maximum atomic E-state index is 11.6. The lowest BCUT2D eigenvalue weighted by molar-refractivity contribution is 0.101. The highest BCUT2D eigenvalue weighted by molar-refractivity contribution is 7.71. The van der Waals surface area contributed by atoms with Gasteiger partial charge in [-0.2, -0.15) is 0 Å². The number of Topliss-reactive ketones (excluding diaryl/α,β-unsaturated/α-hetero) is 1. The van der Waals surface area contributed by atoms with Crippen LogP contribution in [0.2, 0.25) is 0 Å². The molecule has 0 saturated heterocycles. The Morgan fingerprint density at radius 3 is 2.56 bits per heavy atom. The second kappa shape index (κ2) is 6.90. The number of rotatable bonds is 5. The highest BCUT2D eigenvalue weighted by Crippen LogP contribution is 2.34. The number of nitrogens with one attached hydrogen (secondary N) is 2. The third-order valence-corrected chi connectivity index (χ3v) is 3.96. The number of fused-ring (bicyclic) bond motifs is 1. The second-order valence-corrected chi connectivity index (χ2v) is 5.79. The van der Waals surface area contributed by atoms with E-state index in [-0.39, 0.29) is 5.78 Å².